The van der Waals surface area contributed by atoms with Crippen LogP contribution in [-0.2, 0) is 0 Å². The summed E-state index contributed by atoms with van der Waals surface area (Å²) >= 11 is 1.39. The van der Waals surface area contributed by atoms with Gasteiger partial charge in [0, 0.05) is 12.7 Å². The predicted molar refractivity (Wildman–Crippen MR) is 90.5 cm³/mol. The fourth-order valence-electron chi connectivity index (χ4n) is 2.13. The monoisotopic (exact) mass is 318 g/mol. The quantitative estimate of drug-likeness (QED) is 0.856. The lowest BCUT2D eigenvalue weighted by Gasteiger charge is -2.16. The van der Waals surface area contributed by atoms with Crippen molar-refractivity contribution in [3.05, 3.63) is 40.2 Å². The molecule has 1 unspecified atom stereocenters. The number of pyridine rings is 1. The SMILES string of the molecule is CCNc1nc(C)c(C(=O)NC(CC)c2ccc(C)cn2)s1. The van der Waals surface area contributed by atoms with Crippen LogP contribution in [0.1, 0.15) is 52.9 Å². The Morgan fingerprint density at radius 1 is 1.32 bits per heavy atom. The molecule has 2 aromatic heterocycles. The van der Waals surface area contributed by atoms with Crippen molar-refractivity contribution < 1.29 is 4.79 Å². The molecule has 0 radical (unpaired) electrons. The average molecular weight is 318 g/mol. The van der Waals surface area contributed by atoms with Gasteiger partial charge in [-0.2, -0.15) is 0 Å². The maximum absolute atomic E-state index is 12.5. The molecule has 0 spiro atoms. The van der Waals surface area contributed by atoms with E-state index in [2.05, 4.69) is 20.6 Å². The van der Waals surface area contributed by atoms with Crippen molar-refractivity contribution in [3.63, 3.8) is 0 Å². The topological polar surface area (TPSA) is 66.9 Å². The molecule has 5 nitrogen and oxygen atoms in total. The number of amides is 1. The van der Waals surface area contributed by atoms with Crippen LogP contribution in [0.3, 0.4) is 0 Å². The van der Waals surface area contributed by atoms with E-state index in [-0.39, 0.29) is 11.9 Å². The van der Waals surface area contributed by atoms with Crippen molar-refractivity contribution in [2.24, 2.45) is 0 Å². The number of nitrogens with one attached hydrogen (secondary N) is 2. The summed E-state index contributed by atoms with van der Waals surface area (Å²) in [7, 11) is 0. The second kappa shape index (κ2) is 7.35. The first-order chi connectivity index (χ1) is 10.5. The second-order valence-corrected chi connectivity index (χ2v) is 6.16. The molecule has 0 aliphatic heterocycles. The average Bonchev–Trinajstić information content (AvgIpc) is 2.87. The van der Waals surface area contributed by atoms with Crippen LogP contribution in [0.5, 0.6) is 0 Å². The van der Waals surface area contributed by atoms with Gasteiger partial charge < -0.3 is 10.6 Å². The molecule has 0 aliphatic carbocycles. The van der Waals surface area contributed by atoms with Crippen LogP contribution >= 0.6 is 11.3 Å². The van der Waals surface area contributed by atoms with Crippen LogP contribution < -0.4 is 10.6 Å². The summed E-state index contributed by atoms with van der Waals surface area (Å²) in [4.78, 5) is 21.9. The molecule has 2 rings (SSSR count). The molecule has 22 heavy (non-hydrogen) atoms. The van der Waals surface area contributed by atoms with Crippen LogP contribution in [-0.4, -0.2) is 22.4 Å². The van der Waals surface area contributed by atoms with E-state index in [1.54, 1.807) is 0 Å². The molecule has 1 amide bonds. The minimum atomic E-state index is -0.0895. The Labute approximate surface area is 135 Å². The van der Waals surface area contributed by atoms with Gasteiger partial charge in [-0.1, -0.05) is 24.3 Å². The van der Waals surface area contributed by atoms with E-state index in [1.165, 1.54) is 11.3 Å². The number of nitrogens with zero attached hydrogens (tertiary/aromatic N) is 2. The summed E-state index contributed by atoms with van der Waals surface area (Å²) in [6.45, 7) is 8.69. The summed E-state index contributed by atoms with van der Waals surface area (Å²) in [5.74, 6) is -0.0895. The molecule has 0 bridgehead atoms. The van der Waals surface area contributed by atoms with E-state index in [1.807, 2.05) is 46.0 Å². The Kier molecular flexibility index (Phi) is 5.49. The van der Waals surface area contributed by atoms with Gasteiger partial charge in [-0.15, -0.1) is 0 Å². The largest absolute Gasteiger partial charge is 0.362 e. The zero-order valence-corrected chi connectivity index (χ0v) is 14.3. The summed E-state index contributed by atoms with van der Waals surface area (Å²) in [6.07, 6.45) is 2.62. The summed E-state index contributed by atoms with van der Waals surface area (Å²) < 4.78 is 0. The van der Waals surface area contributed by atoms with E-state index < -0.39 is 0 Å². The first-order valence-electron chi connectivity index (χ1n) is 7.49. The number of hydrogen-bond donors (Lipinski definition) is 2. The van der Waals surface area contributed by atoms with Gasteiger partial charge in [-0.05, 0) is 38.8 Å². The molecule has 0 fully saturated rings. The standard InChI is InChI=1S/C16H22N4OS/c1-5-12(13-8-7-10(3)9-18-13)20-15(21)14-11(4)19-16(22-14)17-6-2/h7-9,12H,5-6H2,1-4H3,(H,17,19)(H,20,21). The smallest absolute Gasteiger partial charge is 0.263 e. The highest BCUT2D eigenvalue weighted by molar-refractivity contribution is 7.17. The van der Waals surface area contributed by atoms with E-state index in [0.717, 1.165) is 35.0 Å². The lowest BCUT2D eigenvalue weighted by molar-refractivity contribution is 0.0938. The molecule has 2 aromatic rings. The molecule has 2 heterocycles. The lowest BCUT2D eigenvalue weighted by Crippen LogP contribution is -2.28. The van der Waals surface area contributed by atoms with Gasteiger partial charge >= 0.3 is 0 Å². The number of rotatable bonds is 6. The van der Waals surface area contributed by atoms with E-state index in [0.29, 0.717) is 4.88 Å². The number of anilines is 1. The van der Waals surface area contributed by atoms with Crippen molar-refractivity contribution in [2.45, 2.75) is 40.2 Å². The van der Waals surface area contributed by atoms with Crippen molar-refractivity contribution in [1.82, 2.24) is 15.3 Å². The zero-order valence-electron chi connectivity index (χ0n) is 13.4. The summed E-state index contributed by atoms with van der Waals surface area (Å²) in [6, 6.07) is 3.89. The maximum atomic E-state index is 12.5. The van der Waals surface area contributed by atoms with Gasteiger partial charge in [0.2, 0.25) is 0 Å². The normalized spacial score (nSPS) is 12.0. The number of thiazole rings is 1. The maximum Gasteiger partial charge on any atom is 0.263 e. The first kappa shape index (κ1) is 16.4. The molecule has 1 atom stereocenters. The molecule has 0 aliphatic rings. The number of carbonyl (C=O) groups is 1. The highest BCUT2D eigenvalue weighted by Gasteiger charge is 2.19. The van der Waals surface area contributed by atoms with E-state index in [9.17, 15) is 4.79 Å². The Bertz CT molecular complexity index is 636. The summed E-state index contributed by atoms with van der Waals surface area (Å²) in [5.41, 5.74) is 2.75. The predicted octanol–water partition coefficient (Wildman–Crippen LogP) is 3.47. The van der Waals surface area contributed by atoms with Gasteiger partial charge in [0.05, 0.1) is 17.4 Å². The van der Waals surface area contributed by atoms with Crippen molar-refractivity contribution in [2.75, 3.05) is 11.9 Å². The third-order valence-corrected chi connectivity index (χ3v) is 4.45. The molecule has 0 saturated heterocycles. The minimum absolute atomic E-state index is 0.0859. The van der Waals surface area contributed by atoms with Crippen LogP contribution in [0.4, 0.5) is 5.13 Å². The first-order valence-corrected chi connectivity index (χ1v) is 8.31. The van der Waals surface area contributed by atoms with Gasteiger partial charge in [0.15, 0.2) is 5.13 Å². The van der Waals surface area contributed by atoms with Crippen molar-refractivity contribution >= 4 is 22.4 Å². The Morgan fingerprint density at radius 2 is 2.09 bits per heavy atom. The third kappa shape index (κ3) is 3.82. The Morgan fingerprint density at radius 3 is 2.68 bits per heavy atom. The van der Waals surface area contributed by atoms with Crippen molar-refractivity contribution in [3.8, 4) is 0 Å². The van der Waals surface area contributed by atoms with Crippen LogP contribution in [0.15, 0.2) is 18.3 Å². The highest BCUT2D eigenvalue weighted by atomic mass is 32.1. The molecule has 0 saturated carbocycles. The number of carbonyl (C=O) groups excluding carboxylic acids is 1. The Hall–Kier alpha value is -1.95. The van der Waals surface area contributed by atoms with Crippen LogP contribution in [0.25, 0.3) is 0 Å². The highest BCUT2D eigenvalue weighted by Crippen LogP contribution is 2.24. The fraction of sp³-hybridized carbons (Fsp3) is 0.438. The van der Waals surface area contributed by atoms with Crippen molar-refractivity contribution in [1.29, 1.82) is 0 Å². The van der Waals surface area contributed by atoms with Gasteiger partial charge in [0.1, 0.15) is 4.88 Å². The number of aromatic nitrogens is 2. The Balaban J connectivity index is 2.13. The number of aryl methyl sites for hydroxylation is 2. The summed E-state index contributed by atoms with van der Waals surface area (Å²) in [5, 5.41) is 6.98. The molecule has 6 heteroatoms. The third-order valence-electron chi connectivity index (χ3n) is 3.34. The van der Waals surface area contributed by atoms with Crippen LogP contribution in [0, 0.1) is 13.8 Å². The molecule has 0 aromatic carbocycles. The minimum Gasteiger partial charge on any atom is -0.362 e. The zero-order chi connectivity index (χ0) is 16.1. The molecular weight excluding hydrogens is 296 g/mol. The van der Waals surface area contributed by atoms with Gasteiger partial charge in [0.25, 0.3) is 5.91 Å². The van der Waals surface area contributed by atoms with Gasteiger partial charge in [-0.25, -0.2) is 4.98 Å². The van der Waals surface area contributed by atoms with E-state index >= 15 is 0 Å². The fourth-order valence-corrected chi connectivity index (χ4v) is 3.07. The lowest BCUT2D eigenvalue weighted by atomic mass is 10.1. The van der Waals surface area contributed by atoms with Crippen LogP contribution in [0.2, 0.25) is 0 Å². The van der Waals surface area contributed by atoms with Gasteiger partial charge in [-0.3, -0.25) is 9.78 Å². The molecule has 118 valence electrons. The molecule has 2 N–H and O–H groups in total. The number of hydrogen-bond acceptors (Lipinski definition) is 5. The second-order valence-electron chi connectivity index (χ2n) is 5.16. The van der Waals surface area contributed by atoms with E-state index in [4.69, 9.17) is 0 Å². The molecular formula is C16H22N4OS.